The van der Waals surface area contributed by atoms with Crippen LogP contribution in [0.25, 0.3) is 10.9 Å². The number of hydrogen-bond acceptors (Lipinski definition) is 4. The van der Waals surface area contributed by atoms with Crippen LogP contribution in [-0.2, 0) is 11.2 Å². The fourth-order valence-corrected chi connectivity index (χ4v) is 3.33. The predicted octanol–water partition coefficient (Wildman–Crippen LogP) is 3.07. The number of nitrogens with one attached hydrogen (secondary N) is 1. The summed E-state index contributed by atoms with van der Waals surface area (Å²) in [5, 5.41) is 20.4. The molecule has 30 heavy (non-hydrogen) atoms. The number of nitrogens with zero attached hydrogens (tertiary/aromatic N) is 1. The van der Waals surface area contributed by atoms with Crippen molar-refractivity contribution in [3.63, 3.8) is 0 Å². The third kappa shape index (κ3) is 3.73. The molecule has 0 unspecified atom stereocenters. The molecule has 0 fully saturated rings. The van der Waals surface area contributed by atoms with Gasteiger partial charge in [-0.1, -0.05) is 11.6 Å². The first-order valence-corrected chi connectivity index (χ1v) is 9.13. The number of fused-ring (bicyclic) bond motifs is 1. The molecule has 1 aromatic heterocycles. The predicted molar refractivity (Wildman–Crippen MR) is 103 cm³/mol. The van der Waals surface area contributed by atoms with E-state index in [0.29, 0.717) is 0 Å². The summed E-state index contributed by atoms with van der Waals surface area (Å²) in [4.78, 5) is 25.2. The minimum absolute atomic E-state index is 0.0380. The summed E-state index contributed by atoms with van der Waals surface area (Å²) in [6, 6.07) is 4.07. The molecular weight excluding hydrogens is 425 g/mol. The molecule has 1 amide bonds. The van der Waals surface area contributed by atoms with Crippen LogP contribution in [0.15, 0.2) is 24.3 Å². The maximum absolute atomic E-state index is 14.7. The minimum Gasteiger partial charge on any atom is -0.503 e. The van der Waals surface area contributed by atoms with E-state index >= 15 is 0 Å². The third-order valence-corrected chi connectivity index (χ3v) is 4.94. The molecule has 3 N–H and O–H groups in total. The first-order valence-electron chi connectivity index (χ1n) is 8.75. The van der Waals surface area contributed by atoms with E-state index in [1.54, 1.807) is 0 Å². The van der Waals surface area contributed by atoms with Gasteiger partial charge in [-0.05, 0) is 30.7 Å². The molecule has 3 aromatic rings. The van der Waals surface area contributed by atoms with Gasteiger partial charge in [-0.2, -0.15) is 0 Å². The fourth-order valence-electron chi connectivity index (χ4n) is 3.21. The number of carbonyl (C=O) groups is 2. The summed E-state index contributed by atoms with van der Waals surface area (Å²) >= 11 is 5.64. The van der Waals surface area contributed by atoms with E-state index in [4.69, 9.17) is 16.7 Å². The van der Waals surface area contributed by atoms with Crippen LogP contribution in [0.4, 0.5) is 13.2 Å². The summed E-state index contributed by atoms with van der Waals surface area (Å²) in [6.07, 6.45) is -0.403. The highest BCUT2D eigenvalue weighted by Gasteiger charge is 2.27. The molecule has 3 rings (SSSR count). The van der Waals surface area contributed by atoms with Gasteiger partial charge in [-0.25, -0.2) is 13.2 Å². The Bertz CT molecular complexity index is 1180. The molecule has 0 radical (unpaired) electrons. The van der Waals surface area contributed by atoms with Crippen molar-refractivity contribution in [2.24, 2.45) is 0 Å². The van der Waals surface area contributed by atoms with Crippen molar-refractivity contribution < 1.29 is 33.0 Å². The molecule has 0 aliphatic heterocycles. The quantitative estimate of drug-likeness (QED) is 0.568. The number of carbonyl (C=O) groups excluding carboxylic acids is 2. The van der Waals surface area contributed by atoms with E-state index < -0.39 is 41.4 Å². The Morgan fingerprint density at radius 3 is 2.50 bits per heavy atom. The van der Waals surface area contributed by atoms with Crippen LogP contribution in [0.1, 0.15) is 21.6 Å². The fraction of sp³-hybridized carbons (Fsp3) is 0.200. The van der Waals surface area contributed by atoms with Gasteiger partial charge < -0.3 is 15.5 Å². The molecule has 0 saturated carbocycles. The monoisotopic (exact) mass is 440 g/mol. The highest BCUT2D eigenvalue weighted by atomic mass is 35.5. The Hall–Kier alpha value is -3.04. The maximum Gasteiger partial charge on any atom is 0.262 e. The van der Waals surface area contributed by atoms with Gasteiger partial charge in [0, 0.05) is 29.3 Å². The number of amides is 1. The Morgan fingerprint density at radius 1 is 1.17 bits per heavy atom. The molecule has 10 heteroatoms. The first kappa shape index (κ1) is 21.7. The molecular formula is C20H16ClF3N2O4. The molecule has 2 aromatic carbocycles. The summed E-state index contributed by atoms with van der Waals surface area (Å²) in [7, 11) is 0. The lowest BCUT2D eigenvalue weighted by molar-refractivity contribution is -0.120. The molecule has 158 valence electrons. The summed E-state index contributed by atoms with van der Waals surface area (Å²) in [5.74, 6) is -6.12. The van der Waals surface area contributed by atoms with Gasteiger partial charge in [0.05, 0.1) is 23.6 Å². The average Bonchev–Trinajstić information content (AvgIpc) is 2.97. The van der Waals surface area contributed by atoms with Crippen molar-refractivity contribution in [2.45, 2.75) is 13.3 Å². The molecule has 1 heterocycles. The number of hydrogen-bond donors (Lipinski definition) is 3. The van der Waals surface area contributed by atoms with Gasteiger partial charge in [-0.3, -0.25) is 14.2 Å². The summed E-state index contributed by atoms with van der Waals surface area (Å²) < 4.78 is 43.5. The topological polar surface area (TPSA) is 91.6 Å². The van der Waals surface area contributed by atoms with Crippen LogP contribution < -0.4 is 5.32 Å². The Balaban J connectivity index is 2.23. The molecule has 0 atom stereocenters. The highest BCUT2D eigenvalue weighted by molar-refractivity contribution is 6.30. The number of aliphatic hydroxyl groups is 1. The molecule has 0 aliphatic rings. The molecule has 0 spiro atoms. The van der Waals surface area contributed by atoms with Gasteiger partial charge in [0.2, 0.25) is 5.91 Å². The van der Waals surface area contributed by atoms with Gasteiger partial charge >= 0.3 is 0 Å². The van der Waals surface area contributed by atoms with Crippen LogP contribution in [0, 0.1) is 24.4 Å². The average molecular weight is 441 g/mol. The van der Waals surface area contributed by atoms with E-state index in [1.807, 2.05) is 0 Å². The van der Waals surface area contributed by atoms with Crippen LogP contribution in [-0.4, -0.2) is 39.7 Å². The van der Waals surface area contributed by atoms with E-state index in [2.05, 4.69) is 5.32 Å². The standard InChI is InChI=1S/C20H16ClF3N2O4/c1-9-11(7-16(28)25-4-5-27)17-15(8-14(23)19(29)18(17)24)26(9)20(30)10-2-3-12(21)13(22)6-10/h2-3,6,8,27,29H,4-5,7H2,1H3,(H,25,28). The lowest BCUT2D eigenvalue weighted by Gasteiger charge is -2.09. The highest BCUT2D eigenvalue weighted by Crippen LogP contribution is 2.35. The smallest absolute Gasteiger partial charge is 0.262 e. The normalized spacial score (nSPS) is 11.1. The third-order valence-electron chi connectivity index (χ3n) is 4.63. The maximum atomic E-state index is 14.7. The second-order valence-electron chi connectivity index (χ2n) is 6.50. The molecule has 6 nitrogen and oxygen atoms in total. The van der Waals surface area contributed by atoms with Gasteiger partial charge in [0.1, 0.15) is 5.82 Å². The van der Waals surface area contributed by atoms with Crippen LogP contribution in [0.2, 0.25) is 5.02 Å². The van der Waals surface area contributed by atoms with Gasteiger partial charge in [-0.15, -0.1) is 0 Å². The van der Waals surface area contributed by atoms with Gasteiger partial charge in [0.25, 0.3) is 5.91 Å². The zero-order valence-electron chi connectivity index (χ0n) is 15.6. The molecule has 0 aliphatic carbocycles. The van der Waals surface area contributed by atoms with E-state index in [0.717, 1.165) is 16.7 Å². The van der Waals surface area contributed by atoms with Crippen molar-refractivity contribution >= 4 is 34.3 Å². The second kappa shape index (κ2) is 8.37. The molecule has 0 bridgehead atoms. The summed E-state index contributed by atoms with van der Waals surface area (Å²) in [5.41, 5.74) is -0.225. The Kier molecular flexibility index (Phi) is 6.04. The van der Waals surface area contributed by atoms with Crippen LogP contribution in [0.3, 0.4) is 0 Å². The van der Waals surface area contributed by atoms with Gasteiger partial charge in [0.15, 0.2) is 17.4 Å². The lowest BCUT2D eigenvalue weighted by Crippen LogP contribution is -2.28. The molecule has 0 saturated heterocycles. The van der Waals surface area contributed by atoms with Crippen molar-refractivity contribution in [1.29, 1.82) is 0 Å². The lowest BCUT2D eigenvalue weighted by atomic mass is 10.1. The second-order valence-corrected chi connectivity index (χ2v) is 6.91. The number of halogens is 4. The van der Waals surface area contributed by atoms with Crippen LogP contribution >= 0.6 is 11.6 Å². The number of aliphatic hydroxyl groups excluding tert-OH is 1. The number of phenols is 1. The summed E-state index contributed by atoms with van der Waals surface area (Å²) in [6.45, 7) is 1.06. The van der Waals surface area contributed by atoms with E-state index in [-0.39, 0.29) is 45.9 Å². The number of phenolic OH excluding ortho intramolecular Hbond substituents is 1. The van der Waals surface area contributed by atoms with Crippen LogP contribution in [0.5, 0.6) is 5.75 Å². The number of aromatic hydroxyl groups is 1. The number of rotatable bonds is 5. The largest absolute Gasteiger partial charge is 0.503 e. The minimum atomic E-state index is -1.33. The first-order chi connectivity index (χ1) is 14.2. The Labute approximate surface area is 173 Å². The van der Waals surface area contributed by atoms with E-state index in [1.165, 1.54) is 19.1 Å². The number of aromatic nitrogens is 1. The number of benzene rings is 2. The Morgan fingerprint density at radius 2 is 1.87 bits per heavy atom. The SMILES string of the molecule is Cc1c(CC(=O)NCCO)c2c(F)c(O)c(F)cc2n1C(=O)c1ccc(Cl)c(F)c1. The van der Waals surface area contributed by atoms with E-state index in [9.17, 15) is 27.9 Å². The zero-order valence-corrected chi connectivity index (χ0v) is 16.4. The van der Waals surface area contributed by atoms with Crippen molar-refractivity contribution in [1.82, 2.24) is 9.88 Å². The van der Waals surface area contributed by atoms with Crippen molar-refractivity contribution in [3.8, 4) is 5.75 Å². The van der Waals surface area contributed by atoms with Crippen molar-refractivity contribution in [3.05, 3.63) is 63.6 Å². The zero-order chi connectivity index (χ0) is 22.2. The van der Waals surface area contributed by atoms with Crippen molar-refractivity contribution in [2.75, 3.05) is 13.2 Å².